The maximum absolute atomic E-state index is 12.0. The molecule has 2 heterocycles. The summed E-state index contributed by atoms with van der Waals surface area (Å²) in [6.07, 6.45) is 5.13. The van der Waals surface area contributed by atoms with Gasteiger partial charge in [0, 0.05) is 18.9 Å². The van der Waals surface area contributed by atoms with Gasteiger partial charge in [-0.25, -0.2) is 4.79 Å². The largest absolute Gasteiger partial charge is 0.492 e. The second-order valence-electron chi connectivity index (χ2n) is 5.32. The van der Waals surface area contributed by atoms with Crippen molar-refractivity contribution < 1.29 is 13.9 Å². The SMILES string of the molecule is O=C(NCCOc1ccccc1)NCC(c1ccco1)n1cccn1. The Balaban J connectivity index is 1.43. The van der Waals surface area contributed by atoms with Gasteiger partial charge in [0.25, 0.3) is 0 Å². The Morgan fingerprint density at radius 3 is 2.76 bits per heavy atom. The maximum Gasteiger partial charge on any atom is 0.314 e. The van der Waals surface area contributed by atoms with E-state index in [1.807, 2.05) is 54.7 Å². The molecule has 1 unspecified atom stereocenters. The number of nitrogens with zero attached hydrogens (tertiary/aromatic N) is 2. The fourth-order valence-electron chi connectivity index (χ4n) is 2.37. The number of amides is 2. The minimum atomic E-state index is -0.264. The van der Waals surface area contributed by atoms with Crippen molar-refractivity contribution in [2.75, 3.05) is 19.7 Å². The molecule has 0 aliphatic rings. The number of para-hydroxylation sites is 1. The molecule has 0 saturated heterocycles. The van der Waals surface area contributed by atoms with E-state index in [-0.39, 0.29) is 12.1 Å². The maximum atomic E-state index is 12.0. The van der Waals surface area contributed by atoms with Gasteiger partial charge in [0.05, 0.1) is 12.8 Å². The van der Waals surface area contributed by atoms with E-state index in [1.165, 1.54) is 0 Å². The van der Waals surface area contributed by atoms with Crippen molar-refractivity contribution in [3.05, 3.63) is 72.9 Å². The third-order valence-electron chi connectivity index (χ3n) is 3.57. The number of hydrogen-bond donors (Lipinski definition) is 2. The summed E-state index contributed by atoms with van der Waals surface area (Å²) in [7, 11) is 0. The number of hydrogen-bond acceptors (Lipinski definition) is 4. The molecule has 7 nitrogen and oxygen atoms in total. The summed E-state index contributed by atoms with van der Waals surface area (Å²) < 4.78 is 12.7. The molecule has 3 aromatic rings. The van der Waals surface area contributed by atoms with Crippen LogP contribution in [0.5, 0.6) is 5.75 Å². The van der Waals surface area contributed by atoms with E-state index in [4.69, 9.17) is 9.15 Å². The molecule has 2 amide bonds. The number of furan rings is 1. The first-order valence-corrected chi connectivity index (χ1v) is 8.05. The van der Waals surface area contributed by atoms with Gasteiger partial charge in [0.1, 0.15) is 24.2 Å². The molecule has 2 aromatic heterocycles. The molecule has 0 aliphatic carbocycles. The quantitative estimate of drug-likeness (QED) is 0.617. The lowest BCUT2D eigenvalue weighted by molar-refractivity contribution is 0.234. The molecule has 0 aliphatic heterocycles. The van der Waals surface area contributed by atoms with Crippen LogP contribution in [0.15, 0.2) is 71.6 Å². The highest BCUT2D eigenvalue weighted by molar-refractivity contribution is 5.73. The van der Waals surface area contributed by atoms with E-state index in [0.29, 0.717) is 19.7 Å². The minimum Gasteiger partial charge on any atom is -0.492 e. The highest BCUT2D eigenvalue weighted by atomic mass is 16.5. The van der Waals surface area contributed by atoms with Gasteiger partial charge in [-0.15, -0.1) is 0 Å². The van der Waals surface area contributed by atoms with Crippen LogP contribution in [-0.4, -0.2) is 35.5 Å². The van der Waals surface area contributed by atoms with E-state index >= 15 is 0 Å². The standard InChI is InChI=1S/C18H20N4O3/c23-18(19-10-13-24-15-6-2-1-3-7-15)20-14-16(17-8-4-12-25-17)22-11-5-9-21-22/h1-9,11-12,16H,10,13-14H2,(H2,19,20,23). The van der Waals surface area contributed by atoms with Gasteiger partial charge in [-0.1, -0.05) is 18.2 Å². The third kappa shape index (κ3) is 4.87. The second-order valence-corrected chi connectivity index (χ2v) is 5.32. The molecule has 1 aromatic carbocycles. The van der Waals surface area contributed by atoms with Crippen molar-refractivity contribution in [1.82, 2.24) is 20.4 Å². The van der Waals surface area contributed by atoms with Crippen molar-refractivity contribution in [2.24, 2.45) is 0 Å². The Morgan fingerprint density at radius 2 is 2.04 bits per heavy atom. The fraction of sp³-hybridized carbons (Fsp3) is 0.222. The topological polar surface area (TPSA) is 81.3 Å². The third-order valence-corrected chi connectivity index (χ3v) is 3.57. The minimum absolute atomic E-state index is 0.198. The van der Waals surface area contributed by atoms with Crippen LogP contribution in [-0.2, 0) is 0 Å². The van der Waals surface area contributed by atoms with Crippen molar-refractivity contribution in [1.29, 1.82) is 0 Å². The molecule has 0 fully saturated rings. The van der Waals surface area contributed by atoms with Gasteiger partial charge in [-0.2, -0.15) is 5.10 Å². The average Bonchev–Trinajstić information content (AvgIpc) is 3.34. The first-order chi connectivity index (χ1) is 12.3. The summed E-state index contributed by atoms with van der Waals surface area (Å²) in [4.78, 5) is 12.0. The highest BCUT2D eigenvalue weighted by Gasteiger charge is 2.17. The zero-order valence-corrected chi connectivity index (χ0v) is 13.7. The number of carbonyl (C=O) groups excluding carboxylic acids is 1. The van der Waals surface area contributed by atoms with Gasteiger partial charge in [-0.3, -0.25) is 4.68 Å². The molecular formula is C18H20N4O3. The smallest absolute Gasteiger partial charge is 0.314 e. The van der Waals surface area contributed by atoms with Crippen LogP contribution in [0.25, 0.3) is 0 Å². The molecule has 0 bridgehead atoms. The van der Waals surface area contributed by atoms with Crippen LogP contribution in [0, 0.1) is 0 Å². The number of ether oxygens (including phenoxy) is 1. The lowest BCUT2D eigenvalue weighted by Gasteiger charge is -2.16. The monoisotopic (exact) mass is 340 g/mol. The van der Waals surface area contributed by atoms with Crippen molar-refractivity contribution in [3.63, 3.8) is 0 Å². The second kappa shape index (κ2) is 8.58. The summed E-state index contributed by atoms with van der Waals surface area (Å²) in [6, 6.07) is 14.5. The Labute approximate surface area is 145 Å². The molecule has 0 radical (unpaired) electrons. The van der Waals surface area contributed by atoms with Crippen molar-refractivity contribution in [2.45, 2.75) is 6.04 Å². The average molecular weight is 340 g/mol. The lowest BCUT2D eigenvalue weighted by atomic mass is 10.2. The number of aromatic nitrogens is 2. The van der Waals surface area contributed by atoms with E-state index in [2.05, 4.69) is 15.7 Å². The van der Waals surface area contributed by atoms with Gasteiger partial charge in [-0.05, 0) is 30.3 Å². The van der Waals surface area contributed by atoms with E-state index in [1.54, 1.807) is 17.1 Å². The van der Waals surface area contributed by atoms with Crippen LogP contribution in [0.2, 0.25) is 0 Å². The normalized spacial score (nSPS) is 11.7. The number of benzene rings is 1. The summed E-state index contributed by atoms with van der Waals surface area (Å²) in [5, 5.41) is 9.82. The summed E-state index contributed by atoms with van der Waals surface area (Å²) in [5.74, 6) is 1.51. The highest BCUT2D eigenvalue weighted by Crippen LogP contribution is 2.17. The van der Waals surface area contributed by atoms with Gasteiger partial charge in [0.2, 0.25) is 0 Å². The number of carbonyl (C=O) groups is 1. The molecule has 130 valence electrons. The Hall–Kier alpha value is -3.22. The lowest BCUT2D eigenvalue weighted by Crippen LogP contribution is -2.40. The van der Waals surface area contributed by atoms with Crippen LogP contribution in [0.1, 0.15) is 11.8 Å². The molecule has 0 saturated carbocycles. The summed E-state index contributed by atoms with van der Waals surface area (Å²) in [6.45, 7) is 1.17. The van der Waals surface area contributed by atoms with Crippen molar-refractivity contribution in [3.8, 4) is 5.75 Å². The van der Waals surface area contributed by atoms with E-state index in [0.717, 1.165) is 11.5 Å². The number of urea groups is 1. The zero-order chi connectivity index (χ0) is 17.3. The Morgan fingerprint density at radius 1 is 1.16 bits per heavy atom. The molecule has 7 heteroatoms. The summed E-state index contributed by atoms with van der Waals surface area (Å²) in [5.41, 5.74) is 0. The molecule has 25 heavy (non-hydrogen) atoms. The van der Waals surface area contributed by atoms with E-state index in [9.17, 15) is 4.79 Å². The molecule has 2 N–H and O–H groups in total. The molecule has 0 spiro atoms. The molecule has 1 atom stereocenters. The van der Waals surface area contributed by atoms with Crippen LogP contribution < -0.4 is 15.4 Å². The van der Waals surface area contributed by atoms with Crippen molar-refractivity contribution >= 4 is 6.03 Å². The van der Waals surface area contributed by atoms with Crippen LogP contribution in [0.4, 0.5) is 4.79 Å². The predicted octanol–water partition coefficient (Wildman–Crippen LogP) is 2.44. The summed E-state index contributed by atoms with van der Waals surface area (Å²) >= 11 is 0. The van der Waals surface area contributed by atoms with Gasteiger partial charge >= 0.3 is 6.03 Å². The van der Waals surface area contributed by atoms with Crippen LogP contribution in [0.3, 0.4) is 0 Å². The van der Waals surface area contributed by atoms with Gasteiger partial charge in [0.15, 0.2) is 0 Å². The number of rotatable bonds is 8. The molecular weight excluding hydrogens is 320 g/mol. The first kappa shape index (κ1) is 16.6. The fourth-order valence-corrected chi connectivity index (χ4v) is 2.37. The zero-order valence-electron chi connectivity index (χ0n) is 13.7. The Kier molecular flexibility index (Phi) is 5.71. The van der Waals surface area contributed by atoms with Gasteiger partial charge < -0.3 is 19.8 Å². The van der Waals surface area contributed by atoms with Crippen LogP contribution >= 0.6 is 0 Å². The first-order valence-electron chi connectivity index (χ1n) is 8.05. The molecule has 3 rings (SSSR count). The van der Waals surface area contributed by atoms with E-state index < -0.39 is 0 Å². The number of nitrogens with one attached hydrogen (secondary N) is 2. The predicted molar refractivity (Wildman–Crippen MR) is 92.4 cm³/mol. The Bertz CT molecular complexity index is 708.